The maximum Gasteiger partial charge on any atom is 0.419 e. The molecule has 29 heavy (non-hydrogen) atoms. The molecule has 1 N–H and O–H groups in total. The number of halogens is 4. The molecule has 3 aromatic rings. The van der Waals surface area contributed by atoms with Crippen molar-refractivity contribution in [3.8, 4) is 11.3 Å². The van der Waals surface area contributed by atoms with Crippen molar-refractivity contribution in [2.24, 2.45) is 0 Å². The van der Waals surface area contributed by atoms with E-state index in [1.54, 1.807) is 12.4 Å². The van der Waals surface area contributed by atoms with E-state index in [1.807, 2.05) is 17.5 Å². The highest BCUT2D eigenvalue weighted by molar-refractivity contribution is 7.89. The van der Waals surface area contributed by atoms with Crippen LogP contribution in [-0.4, -0.2) is 24.9 Å². The minimum atomic E-state index is -4.98. The van der Waals surface area contributed by atoms with Crippen LogP contribution in [0, 0.1) is 5.82 Å². The van der Waals surface area contributed by atoms with Crippen LogP contribution in [0.5, 0.6) is 0 Å². The Kier molecular flexibility index (Phi) is 6.30. The van der Waals surface area contributed by atoms with E-state index in [4.69, 9.17) is 0 Å². The number of rotatable bonds is 7. The number of sulfonamides is 1. The van der Waals surface area contributed by atoms with E-state index >= 15 is 0 Å². The topological polar surface area (TPSA) is 72.0 Å². The van der Waals surface area contributed by atoms with Crippen LogP contribution in [0.2, 0.25) is 0 Å². The summed E-state index contributed by atoms with van der Waals surface area (Å²) in [6.45, 7) is 0.00519. The molecule has 2 heterocycles. The zero-order valence-corrected chi connectivity index (χ0v) is 16.4. The third-order valence-electron chi connectivity index (χ3n) is 3.94. The second-order valence-corrected chi connectivity index (χ2v) is 8.71. The van der Waals surface area contributed by atoms with Crippen molar-refractivity contribution in [3.63, 3.8) is 0 Å². The van der Waals surface area contributed by atoms with E-state index in [-0.39, 0.29) is 6.54 Å². The lowest BCUT2D eigenvalue weighted by atomic mass is 10.2. The molecule has 0 saturated carbocycles. The molecule has 0 bridgehead atoms. The fourth-order valence-corrected chi connectivity index (χ4v) is 4.45. The fraction of sp³-hybridized carbons (Fsp3) is 0.222. The Hall–Kier alpha value is -2.37. The molecule has 3 rings (SSSR count). The Balaban J connectivity index is 1.59. The first-order valence-corrected chi connectivity index (χ1v) is 10.7. The average Bonchev–Trinajstić information content (AvgIpc) is 3.14. The molecule has 5 nitrogen and oxygen atoms in total. The number of benzene rings is 1. The minimum absolute atomic E-state index is 0.00519. The zero-order valence-electron chi connectivity index (χ0n) is 14.8. The zero-order chi connectivity index (χ0) is 21.1. The molecule has 11 heteroatoms. The van der Waals surface area contributed by atoms with E-state index in [2.05, 4.69) is 14.7 Å². The molecule has 2 aromatic heterocycles. The molecule has 0 fully saturated rings. The molecule has 0 atom stereocenters. The highest BCUT2D eigenvalue weighted by atomic mass is 32.2. The molecular formula is C18H15F4N3O2S2. The van der Waals surface area contributed by atoms with Gasteiger partial charge in [-0.25, -0.2) is 22.5 Å². The number of thiazole rings is 1. The number of hydrogen-bond acceptors (Lipinski definition) is 5. The smallest absolute Gasteiger partial charge is 0.265 e. The van der Waals surface area contributed by atoms with E-state index in [0.717, 1.165) is 22.3 Å². The van der Waals surface area contributed by atoms with E-state index in [9.17, 15) is 26.0 Å². The molecule has 0 radical (unpaired) electrons. The molecule has 0 unspecified atom stereocenters. The molecule has 154 valence electrons. The van der Waals surface area contributed by atoms with E-state index < -0.39 is 32.5 Å². The molecule has 0 aliphatic heterocycles. The van der Waals surface area contributed by atoms with E-state index in [0.29, 0.717) is 25.0 Å². The number of hydrogen-bond donors (Lipinski definition) is 1. The van der Waals surface area contributed by atoms with Gasteiger partial charge in [0.15, 0.2) is 0 Å². The predicted molar refractivity (Wildman–Crippen MR) is 100 cm³/mol. The monoisotopic (exact) mass is 445 g/mol. The molecule has 0 aliphatic carbocycles. The maximum absolute atomic E-state index is 13.3. The predicted octanol–water partition coefficient (Wildman–Crippen LogP) is 4.27. The lowest BCUT2D eigenvalue weighted by Crippen LogP contribution is -2.25. The van der Waals surface area contributed by atoms with Crippen molar-refractivity contribution in [2.45, 2.75) is 23.9 Å². The lowest BCUT2D eigenvalue weighted by molar-refractivity contribution is -0.140. The summed E-state index contributed by atoms with van der Waals surface area (Å²) < 4.78 is 78.3. The quantitative estimate of drug-likeness (QED) is 0.435. The summed E-state index contributed by atoms with van der Waals surface area (Å²) in [5, 5.41) is 2.68. The van der Waals surface area contributed by atoms with Gasteiger partial charge in [-0.2, -0.15) is 13.2 Å². The second-order valence-electron chi connectivity index (χ2n) is 6.00. The van der Waals surface area contributed by atoms with Crippen LogP contribution < -0.4 is 4.72 Å². The molecule has 0 spiro atoms. The summed E-state index contributed by atoms with van der Waals surface area (Å²) >= 11 is 1.43. The van der Waals surface area contributed by atoms with Gasteiger partial charge in [0.2, 0.25) is 10.0 Å². The largest absolute Gasteiger partial charge is 0.419 e. The molecule has 1 aromatic carbocycles. The van der Waals surface area contributed by atoms with Gasteiger partial charge in [0.1, 0.15) is 5.82 Å². The van der Waals surface area contributed by atoms with Gasteiger partial charge in [-0.1, -0.05) is 0 Å². The number of nitrogens with one attached hydrogen (secondary N) is 1. The van der Waals surface area contributed by atoms with Gasteiger partial charge in [0, 0.05) is 36.3 Å². The van der Waals surface area contributed by atoms with Crippen LogP contribution in [0.25, 0.3) is 11.3 Å². The Bertz CT molecular complexity index is 1080. The normalized spacial score (nSPS) is 12.3. The lowest BCUT2D eigenvalue weighted by Gasteiger charge is -2.11. The number of aromatic nitrogens is 2. The van der Waals surface area contributed by atoms with Gasteiger partial charge in [-0.05, 0) is 36.8 Å². The van der Waals surface area contributed by atoms with Crippen LogP contribution >= 0.6 is 11.3 Å². The van der Waals surface area contributed by atoms with Crippen molar-refractivity contribution >= 4 is 21.4 Å². The van der Waals surface area contributed by atoms with Crippen molar-refractivity contribution in [1.29, 1.82) is 0 Å². The minimum Gasteiger partial charge on any atom is -0.265 e. The van der Waals surface area contributed by atoms with Crippen molar-refractivity contribution in [3.05, 3.63) is 64.5 Å². The third-order valence-corrected chi connectivity index (χ3v) is 6.31. The van der Waals surface area contributed by atoms with E-state index in [1.165, 1.54) is 11.3 Å². The standard InChI is InChI=1S/C18H15F4N3O2S2/c19-15-4-3-13(10-14(15)18(20,21)22)29(26,27)24-7-1-2-17-25-16(11-28-17)12-5-8-23-9-6-12/h3-6,8-11,24H,1-2,7H2. The first-order chi connectivity index (χ1) is 13.7. The van der Waals surface area contributed by atoms with Gasteiger partial charge < -0.3 is 0 Å². The summed E-state index contributed by atoms with van der Waals surface area (Å²) in [5.41, 5.74) is 0.0887. The highest BCUT2D eigenvalue weighted by Gasteiger charge is 2.35. The maximum atomic E-state index is 13.3. The Morgan fingerprint density at radius 3 is 2.52 bits per heavy atom. The Morgan fingerprint density at radius 2 is 1.83 bits per heavy atom. The van der Waals surface area contributed by atoms with Crippen LogP contribution in [0.3, 0.4) is 0 Å². The Labute approximate surface area is 168 Å². The Morgan fingerprint density at radius 1 is 1.10 bits per heavy atom. The van der Waals surface area contributed by atoms with Gasteiger partial charge in [0.25, 0.3) is 0 Å². The summed E-state index contributed by atoms with van der Waals surface area (Å²) in [6.07, 6.45) is -0.774. The van der Waals surface area contributed by atoms with Crippen LogP contribution in [0.4, 0.5) is 17.6 Å². The number of pyridine rings is 1. The number of alkyl halides is 3. The fourth-order valence-electron chi connectivity index (χ4n) is 2.50. The van der Waals surface area contributed by atoms with Crippen molar-refractivity contribution < 1.29 is 26.0 Å². The second kappa shape index (κ2) is 8.56. The van der Waals surface area contributed by atoms with Gasteiger partial charge in [-0.3, -0.25) is 4.98 Å². The molecular weight excluding hydrogens is 430 g/mol. The van der Waals surface area contributed by atoms with Crippen LogP contribution in [0.1, 0.15) is 17.0 Å². The SMILES string of the molecule is O=S(=O)(NCCCc1nc(-c2ccncc2)cs1)c1ccc(F)c(C(F)(F)F)c1. The van der Waals surface area contributed by atoms with Gasteiger partial charge in [-0.15, -0.1) is 11.3 Å². The molecule has 0 amide bonds. The molecule has 0 saturated heterocycles. The third kappa shape index (κ3) is 5.37. The highest BCUT2D eigenvalue weighted by Crippen LogP contribution is 2.32. The van der Waals surface area contributed by atoms with Crippen LogP contribution in [-0.2, 0) is 22.6 Å². The molecule has 0 aliphatic rings. The summed E-state index contributed by atoms with van der Waals surface area (Å²) in [4.78, 5) is 7.77. The van der Waals surface area contributed by atoms with Crippen LogP contribution in [0.15, 0.2) is 53.0 Å². The van der Waals surface area contributed by atoms with Crippen molar-refractivity contribution in [1.82, 2.24) is 14.7 Å². The first kappa shape index (κ1) is 21.3. The first-order valence-electron chi connectivity index (χ1n) is 8.38. The summed E-state index contributed by atoms with van der Waals surface area (Å²) in [6, 6.07) is 5.23. The van der Waals surface area contributed by atoms with Gasteiger partial charge in [0.05, 0.1) is 21.2 Å². The summed E-state index contributed by atoms with van der Waals surface area (Å²) in [5.74, 6) is -1.52. The van der Waals surface area contributed by atoms with Gasteiger partial charge >= 0.3 is 6.18 Å². The number of nitrogens with zero attached hydrogens (tertiary/aromatic N) is 2. The van der Waals surface area contributed by atoms with Crippen molar-refractivity contribution in [2.75, 3.05) is 6.54 Å². The summed E-state index contributed by atoms with van der Waals surface area (Å²) in [7, 11) is -4.19. The average molecular weight is 445 g/mol. The number of aryl methyl sites for hydroxylation is 1.